The zero-order valence-corrected chi connectivity index (χ0v) is 11.6. The highest BCUT2D eigenvalue weighted by Crippen LogP contribution is 2.35. The summed E-state index contributed by atoms with van der Waals surface area (Å²) >= 11 is 0. The third kappa shape index (κ3) is 4.35. The van der Waals surface area contributed by atoms with Crippen molar-refractivity contribution in [3.8, 4) is 0 Å². The third-order valence-corrected chi connectivity index (χ3v) is 4.09. The highest BCUT2D eigenvalue weighted by molar-refractivity contribution is 5.68. The molecule has 1 aliphatic rings. The SMILES string of the molecule is CN(CC(=O)O)CC1CCC(c2ccccc2)CC1. The average Bonchev–Trinajstić information content (AvgIpc) is 2.39. The van der Waals surface area contributed by atoms with Gasteiger partial charge in [-0.15, -0.1) is 0 Å². The molecule has 1 fully saturated rings. The fraction of sp³-hybridized carbons (Fsp3) is 0.562. The van der Waals surface area contributed by atoms with Gasteiger partial charge in [-0.25, -0.2) is 0 Å². The fourth-order valence-electron chi connectivity index (χ4n) is 3.14. The lowest BCUT2D eigenvalue weighted by Crippen LogP contribution is -2.32. The largest absolute Gasteiger partial charge is 0.480 e. The molecule has 3 heteroatoms. The predicted octanol–water partition coefficient (Wildman–Crippen LogP) is 2.98. The molecule has 0 spiro atoms. The number of carboxylic acid groups (broad SMARTS) is 1. The smallest absolute Gasteiger partial charge is 0.317 e. The summed E-state index contributed by atoms with van der Waals surface area (Å²) in [6, 6.07) is 10.7. The van der Waals surface area contributed by atoms with Crippen LogP contribution in [0.3, 0.4) is 0 Å². The van der Waals surface area contributed by atoms with Crippen molar-refractivity contribution < 1.29 is 9.90 Å². The minimum Gasteiger partial charge on any atom is -0.480 e. The van der Waals surface area contributed by atoms with Crippen molar-refractivity contribution in [1.82, 2.24) is 4.90 Å². The van der Waals surface area contributed by atoms with Crippen molar-refractivity contribution >= 4 is 5.97 Å². The van der Waals surface area contributed by atoms with E-state index in [0.717, 1.165) is 6.54 Å². The minimum atomic E-state index is -0.736. The molecular weight excluding hydrogens is 238 g/mol. The number of carbonyl (C=O) groups is 1. The van der Waals surface area contributed by atoms with Crippen molar-refractivity contribution in [2.24, 2.45) is 5.92 Å². The molecule has 0 atom stereocenters. The van der Waals surface area contributed by atoms with Gasteiger partial charge in [-0.05, 0) is 50.1 Å². The second-order valence-electron chi connectivity index (χ2n) is 5.72. The predicted molar refractivity (Wildman–Crippen MR) is 76.3 cm³/mol. The summed E-state index contributed by atoms with van der Waals surface area (Å²) in [6.45, 7) is 1.06. The topological polar surface area (TPSA) is 40.5 Å². The quantitative estimate of drug-likeness (QED) is 0.886. The van der Waals surface area contributed by atoms with E-state index in [1.165, 1.54) is 31.2 Å². The number of likely N-dealkylation sites (N-methyl/N-ethyl adjacent to an activating group) is 1. The molecule has 0 heterocycles. The number of hydrogen-bond acceptors (Lipinski definition) is 2. The summed E-state index contributed by atoms with van der Waals surface area (Å²) in [5.74, 6) is 0.618. The molecule has 1 saturated carbocycles. The Hall–Kier alpha value is -1.35. The van der Waals surface area contributed by atoms with Crippen LogP contribution in [-0.2, 0) is 4.79 Å². The van der Waals surface area contributed by atoms with E-state index in [1.807, 2.05) is 11.9 Å². The van der Waals surface area contributed by atoms with Gasteiger partial charge in [0.15, 0.2) is 0 Å². The summed E-state index contributed by atoms with van der Waals surface area (Å²) < 4.78 is 0. The number of nitrogens with zero attached hydrogens (tertiary/aromatic N) is 1. The van der Waals surface area contributed by atoms with E-state index in [9.17, 15) is 4.79 Å². The van der Waals surface area contributed by atoms with Crippen LogP contribution in [0, 0.1) is 5.92 Å². The summed E-state index contributed by atoms with van der Waals surface area (Å²) in [4.78, 5) is 12.6. The monoisotopic (exact) mass is 261 g/mol. The van der Waals surface area contributed by atoms with Gasteiger partial charge >= 0.3 is 5.97 Å². The van der Waals surface area contributed by atoms with Crippen LogP contribution >= 0.6 is 0 Å². The van der Waals surface area contributed by atoms with E-state index < -0.39 is 5.97 Å². The molecule has 1 N–H and O–H groups in total. The van der Waals surface area contributed by atoms with E-state index in [-0.39, 0.29) is 6.54 Å². The van der Waals surface area contributed by atoms with E-state index >= 15 is 0 Å². The Bertz CT molecular complexity index is 396. The van der Waals surface area contributed by atoms with Crippen LogP contribution < -0.4 is 0 Å². The van der Waals surface area contributed by atoms with E-state index in [2.05, 4.69) is 30.3 Å². The number of benzene rings is 1. The summed E-state index contributed by atoms with van der Waals surface area (Å²) in [7, 11) is 1.90. The van der Waals surface area contributed by atoms with Crippen molar-refractivity contribution in [1.29, 1.82) is 0 Å². The highest BCUT2D eigenvalue weighted by Gasteiger charge is 2.23. The molecule has 0 bridgehead atoms. The Morgan fingerprint density at radius 2 is 1.84 bits per heavy atom. The lowest BCUT2D eigenvalue weighted by Gasteiger charge is -2.31. The molecule has 0 aliphatic heterocycles. The second-order valence-corrected chi connectivity index (χ2v) is 5.72. The zero-order valence-electron chi connectivity index (χ0n) is 11.6. The first kappa shape index (κ1) is 14.1. The maximum absolute atomic E-state index is 10.6. The van der Waals surface area contributed by atoms with Crippen LogP contribution in [-0.4, -0.2) is 36.1 Å². The summed E-state index contributed by atoms with van der Waals surface area (Å²) in [5, 5.41) is 8.76. The number of aliphatic carboxylic acids is 1. The van der Waals surface area contributed by atoms with E-state index in [4.69, 9.17) is 5.11 Å². The van der Waals surface area contributed by atoms with Crippen molar-refractivity contribution in [2.45, 2.75) is 31.6 Å². The van der Waals surface area contributed by atoms with Gasteiger partial charge in [0, 0.05) is 6.54 Å². The Labute approximate surface area is 115 Å². The standard InChI is InChI=1S/C16H23NO2/c1-17(12-16(18)19)11-13-7-9-15(10-8-13)14-5-3-2-4-6-14/h2-6,13,15H,7-12H2,1H3,(H,18,19). The lowest BCUT2D eigenvalue weighted by atomic mass is 9.78. The minimum absolute atomic E-state index is 0.151. The van der Waals surface area contributed by atoms with Crippen molar-refractivity contribution in [3.63, 3.8) is 0 Å². The Morgan fingerprint density at radius 1 is 1.21 bits per heavy atom. The number of rotatable bonds is 5. The zero-order chi connectivity index (χ0) is 13.7. The molecule has 0 unspecified atom stereocenters. The molecule has 1 aromatic rings. The lowest BCUT2D eigenvalue weighted by molar-refractivity contribution is -0.138. The summed E-state index contributed by atoms with van der Waals surface area (Å²) in [5.41, 5.74) is 1.46. The first-order chi connectivity index (χ1) is 9.15. The van der Waals surface area contributed by atoms with Crippen LogP contribution in [0.4, 0.5) is 0 Å². The van der Waals surface area contributed by atoms with Gasteiger partial charge < -0.3 is 5.11 Å². The maximum atomic E-state index is 10.6. The third-order valence-electron chi connectivity index (χ3n) is 4.09. The molecule has 3 nitrogen and oxygen atoms in total. The van der Waals surface area contributed by atoms with Gasteiger partial charge in [-0.2, -0.15) is 0 Å². The molecule has 0 amide bonds. The maximum Gasteiger partial charge on any atom is 0.317 e. The normalized spacial score (nSPS) is 23.5. The van der Waals surface area contributed by atoms with E-state index in [0.29, 0.717) is 11.8 Å². The summed E-state index contributed by atoms with van der Waals surface area (Å²) in [6.07, 6.45) is 4.89. The average molecular weight is 261 g/mol. The van der Waals surface area contributed by atoms with Crippen LogP contribution in [0.1, 0.15) is 37.2 Å². The molecule has 104 valence electrons. The molecular formula is C16H23NO2. The van der Waals surface area contributed by atoms with Crippen molar-refractivity contribution in [3.05, 3.63) is 35.9 Å². The fourth-order valence-corrected chi connectivity index (χ4v) is 3.14. The van der Waals surface area contributed by atoms with Gasteiger partial charge in [-0.1, -0.05) is 30.3 Å². The van der Waals surface area contributed by atoms with Gasteiger partial charge in [-0.3, -0.25) is 9.69 Å². The van der Waals surface area contributed by atoms with Gasteiger partial charge in [0.05, 0.1) is 6.54 Å². The van der Waals surface area contributed by atoms with Crippen molar-refractivity contribution in [2.75, 3.05) is 20.1 Å². The first-order valence-electron chi connectivity index (χ1n) is 7.10. The molecule has 1 aromatic carbocycles. The van der Waals surface area contributed by atoms with E-state index in [1.54, 1.807) is 0 Å². The molecule has 0 saturated heterocycles. The van der Waals surface area contributed by atoms with Crippen LogP contribution in [0.2, 0.25) is 0 Å². The molecule has 0 radical (unpaired) electrons. The van der Waals surface area contributed by atoms with Gasteiger partial charge in [0.1, 0.15) is 0 Å². The van der Waals surface area contributed by atoms with Gasteiger partial charge in [0.25, 0.3) is 0 Å². The van der Waals surface area contributed by atoms with Gasteiger partial charge in [0.2, 0.25) is 0 Å². The molecule has 19 heavy (non-hydrogen) atoms. The number of hydrogen-bond donors (Lipinski definition) is 1. The molecule has 2 rings (SSSR count). The van der Waals surface area contributed by atoms with Crippen LogP contribution in [0.5, 0.6) is 0 Å². The number of carboxylic acids is 1. The molecule has 0 aromatic heterocycles. The Morgan fingerprint density at radius 3 is 2.42 bits per heavy atom. The Balaban J connectivity index is 1.78. The second kappa shape index (κ2) is 6.71. The first-order valence-corrected chi connectivity index (χ1v) is 7.10. The Kier molecular flexibility index (Phi) is 4.97. The highest BCUT2D eigenvalue weighted by atomic mass is 16.4. The van der Waals surface area contributed by atoms with Crippen LogP contribution in [0.25, 0.3) is 0 Å². The molecule has 1 aliphatic carbocycles. The van der Waals surface area contributed by atoms with Crippen LogP contribution in [0.15, 0.2) is 30.3 Å².